The molecule has 0 aliphatic rings. The first kappa shape index (κ1) is 26.2. The van der Waals surface area contributed by atoms with Gasteiger partial charge in [0.15, 0.2) is 0 Å². The Morgan fingerprint density at radius 2 is 1.00 bits per heavy atom. The first-order valence-electron chi connectivity index (χ1n) is 0. The van der Waals surface area contributed by atoms with Gasteiger partial charge in [0.05, 0.1) is 0 Å². The Labute approximate surface area is 107 Å². The Bertz CT molecular complexity index is 8.00. The smallest absolute Gasteiger partial charge is 2.00 e. The molecule has 1 nitrogen and oxygen atoms in total. The SMILES string of the molecule is [La+3].[Mg+2].[O-2].[Sr+2]. The maximum atomic E-state index is 0. The van der Waals surface area contributed by atoms with Crippen molar-refractivity contribution in [1.82, 2.24) is 0 Å². The van der Waals surface area contributed by atoms with Crippen LogP contribution in [0, 0.1) is 35.6 Å². The number of hydrogen-bond donors (Lipinski definition) is 0. The van der Waals surface area contributed by atoms with Gasteiger partial charge in [-0.05, 0) is 0 Å². The van der Waals surface area contributed by atoms with Gasteiger partial charge in [0.2, 0.25) is 0 Å². The van der Waals surface area contributed by atoms with Crippen molar-refractivity contribution in [2.45, 2.75) is 0 Å². The minimum Gasteiger partial charge on any atom is -2.00 e. The van der Waals surface area contributed by atoms with E-state index >= 15 is 0 Å². The summed E-state index contributed by atoms with van der Waals surface area (Å²) in [7, 11) is 0. The summed E-state index contributed by atoms with van der Waals surface area (Å²) >= 11 is 0. The Kier molecular flexibility index (Phi) is 106. The summed E-state index contributed by atoms with van der Waals surface area (Å²) in [6, 6.07) is 0. The van der Waals surface area contributed by atoms with Crippen molar-refractivity contribution in [2.75, 3.05) is 0 Å². The van der Waals surface area contributed by atoms with Crippen LogP contribution in [0.4, 0.5) is 0 Å². The Balaban J connectivity index is 0. The maximum absolute atomic E-state index is 0. The molecule has 0 aromatic heterocycles. The van der Waals surface area contributed by atoms with Crippen LogP contribution in [0.25, 0.3) is 0 Å². The van der Waals surface area contributed by atoms with Gasteiger partial charge in [0.1, 0.15) is 0 Å². The van der Waals surface area contributed by atoms with Gasteiger partial charge in [-0.25, -0.2) is 0 Å². The molecule has 0 aromatic rings. The van der Waals surface area contributed by atoms with Crippen molar-refractivity contribution in [3.8, 4) is 0 Å². The van der Waals surface area contributed by atoms with Crippen molar-refractivity contribution in [3.05, 3.63) is 0 Å². The summed E-state index contributed by atoms with van der Waals surface area (Å²) in [5.41, 5.74) is 0. The fourth-order valence-electron chi connectivity index (χ4n) is 0. The second-order valence-electron chi connectivity index (χ2n) is 0. The third-order valence-corrected chi connectivity index (χ3v) is 0. The molecular formula is LaMgOSr+5. The zero-order chi connectivity index (χ0) is 0. The van der Waals surface area contributed by atoms with Crippen LogP contribution in [-0.4, -0.2) is 68.5 Å². The second-order valence-corrected chi connectivity index (χ2v) is 0. The van der Waals surface area contributed by atoms with E-state index in [0.717, 1.165) is 0 Å². The largest absolute Gasteiger partial charge is 3.00 e. The van der Waals surface area contributed by atoms with Crippen LogP contribution in [0.1, 0.15) is 0 Å². The molecule has 0 bridgehead atoms. The summed E-state index contributed by atoms with van der Waals surface area (Å²) in [4.78, 5) is 0. The van der Waals surface area contributed by atoms with Gasteiger partial charge in [0.25, 0.3) is 0 Å². The Morgan fingerprint density at radius 3 is 1.00 bits per heavy atom. The topological polar surface area (TPSA) is 28.5 Å². The molecule has 0 saturated heterocycles. The molecular weight excluding hydrogens is 267 g/mol. The quantitative estimate of drug-likeness (QED) is 0.510. The molecule has 0 heterocycles. The van der Waals surface area contributed by atoms with E-state index in [4.69, 9.17) is 0 Å². The van der Waals surface area contributed by atoms with Crippen LogP contribution < -0.4 is 0 Å². The predicted octanol–water partition coefficient (Wildman–Crippen LogP) is -0.880. The van der Waals surface area contributed by atoms with Gasteiger partial charge >= 0.3 is 104 Å². The molecule has 4 heavy (non-hydrogen) atoms. The minimum absolute atomic E-state index is 0. The third kappa shape index (κ3) is 9.04. The van der Waals surface area contributed by atoms with E-state index in [2.05, 4.69) is 0 Å². The normalized spacial score (nSPS) is 0. The molecule has 0 aromatic carbocycles. The van der Waals surface area contributed by atoms with Crippen molar-refractivity contribution in [1.29, 1.82) is 0 Å². The molecule has 0 spiro atoms. The van der Waals surface area contributed by atoms with Gasteiger partial charge in [-0.15, -0.1) is 0 Å². The first-order chi connectivity index (χ1) is 0. The van der Waals surface area contributed by atoms with Crippen LogP contribution in [0.5, 0.6) is 0 Å². The van der Waals surface area contributed by atoms with Crippen molar-refractivity contribution in [2.24, 2.45) is 0 Å². The van der Waals surface area contributed by atoms with Gasteiger partial charge in [-0.1, -0.05) is 0 Å². The monoisotopic (exact) mass is 267 g/mol. The van der Waals surface area contributed by atoms with E-state index in [1.807, 2.05) is 0 Å². The maximum Gasteiger partial charge on any atom is 3.00 e. The van der Waals surface area contributed by atoms with Crippen molar-refractivity contribution < 1.29 is 41.1 Å². The van der Waals surface area contributed by atoms with Crippen LogP contribution in [0.2, 0.25) is 0 Å². The molecule has 0 aliphatic heterocycles. The molecule has 0 aliphatic carbocycles. The van der Waals surface area contributed by atoms with Gasteiger partial charge < -0.3 is 5.48 Å². The molecule has 0 saturated carbocycles. The Morgan fingerprint density at radius 1 is 1.00 bits per heavy atom. The molecule has 0 fully saturated rings. The minimum atomic E-state index is 0. The van der Waals surface area contributed by atoms with Gasteiger partial charge in [-0.3, -0.25) is 0 Å². The second kappa shape index (κ2) is 16.1. The average Bonchev–Trinajstić information content (AvgIpc) is 0. The van der Waals surface area contributed by atoms with Crippen molar-refractivity contribution in [3.63, 3.8) is 0 Å². The van der Waals surface area contributed by atoms with E-state index in [1.165, 1.54) is 0 Å². The van der Waals surface area contributed by atoms with E-state index in [0.29, 0.717) is 0 Å². The van der Waals surface area contributed by atoms with E-state index in [9.17, 15) is 0 Å². The van der Waals surface area contributed by atoms with Crippen LogP contribution in [0.3, 0.4) is 0 Å². The van der Waals surface area contributed by atoms with Crippen molar-refractivity contribution >= 4 is 68.5 Å². The zero-order valence-corrected chi connectivity index (χ0v) is 10.9. The third-order valence-electron chi connectivity index (χ3n) is 0. The standard InChI is InChI=1S/La.Mg.O.Sr/q+3;+2;-2;+2. The van der Waals surface area contributed by atoms with E-state index in [1.54, 1.807) is 0 Å². The van der Waals surface area contributed by atoms with Crippen LogP contribution in [-0.2, 0) is 5.48 Å². The summed E-state index contributed by atoms with van der Waals surface area (Å²) in [5.74, 6) is 0. The average molecular weight is 267 g/mol. The first-order valence-corrected chi connectivity index (χ1v) is 0. The molecule has 0 unspecified atom stereocenters. The molecule has 0 N–H and O–H groups in total. The molecule has 0 radical (unpaired) electrons. The fraction of sp³-hybridized carbons (Fsp3) is 0. The summed E-state index contributed by atoms with van der Waals surface area (Å²) in [6.07, 6.45) is 0. The van der Waals surface area contributed by atoms with Crippen LogP contribution in [0.15, 0.2) is 0 Å². The molecule has 0 atom stereocenters. The van der Waals surface area contributed by atoms with E-state index < -0.39 is 0 Å². The summed E-state index contributed by atoms with van der Waals surface area (Å²) < 4.78 is 0. The van der Waals surface area contributed by atoms with Gasteiger partial charge in [0, 0.05) is 0 Å². The molecule has 8 valence electrons. The number of rotatable bonds is 0. The Hall–Kier alpha value is 3.40. The van der Waals surface area contributed by atoms with E-state index in [-0.39, 0.29) is 110 Å². The molecule has 4 heteroatoms. The fourth-order valence-corrected chi connectivity index (χ4v) is 0. The number of hydrogen-bond acceptors (Lipinski definition) is 0. The summed E-state index contributed by atoms with van der Waals surface area (Å²) in [5, 5.41) is 0. The summed E-state index contributed by atoms with van der Waals surface area (Å²) in [6.45, 7) is 0. The molecule has 0 rings (SSSR count). The predicted molar refractivity (Wildman–Crippen MR) is 12.2 cm³/mol. The van der Waals surface area contributed by atoms with Crippen LogP contribution >= 0.6 is 0 Å². The molecule has 0 amide bonds. The van der Waals surface area contributed by atoms with Gasteiger partial charge in [-0.2, -0.15) is 0 Å². The zero-order valence-electron chi connectivity index (χ0n) is 2.40.